The first-order chi connectivity index (χ1) is 12.9. The average Bonchev–Trinajstić information content (AvgIpc) is 3.07. The number of hydrogen-bond acceptors (Lipinski definition) is 4. The molecule has 1 aliphatic heterocycles. The van der Waals surface area contributed by atoms with Gasteiger partial charge in [0.05, 0.1) is 4.90 Å². The average molecular weight is 388 g/mol. The first-order valence-corrected chi connectivity index (χ1v) is 10.5. The van der Waals surface area contributed by atoms with Crippen molar-refractivity contribution in [1.82, 2.24) is 4.72 Å². The number of nitrogens with one attached hydrogen (secondary N) is 1. The minimum atomic E-state index is -3.67. The maximum absolute atomic E-state index is 12.7. The molecule has 27 heavy (non-hydrogen) atoms. The van der Waals surface area contributed by atoms with Gasteiger partial charge < -0.3 is 9.64 Å². The van der Waals surface area contributed by atoms with Crippen LogP contribution in [0.2, 0.25) is 0 Å². The van der Waals surface area contributed by atoms with Gasteiger partial charge in [-0.1, -0.05) is 18.2 Å². The predicted molar refractivity (Wildman–Crippen MR) is 104 cm³/mol. The van der Waals surface area contributed by atoms with E-state index in [1.807, 2.05) is 37.3 Å². The molecule has 1 atom stereocenters. The molecule has 0 saturated carbocycles. The van der Waals surface area contributed by atoms with Gasteiger partial charge in [-0.2, -0.15) is 0 Å². The SMILES string of the molecule is Cc1cc(N2CCCC2=O)ccc1S(=O)(=O)NCC(C)Oc1ccccc1. The maximum atomic E-state index is 12.7. The number of para-hydroxylation sites is 1. The van der Waals surface area contributed by atoms with Crippen LogP contribution in [0.4, 0.5) is 5.69 Å². The predicted octanol–water partition coefficient (Wildman–Crippen LogP) is 2.87. The number of aryl methyl sites for hydroxylation is 1. The molecule has 1 fully saturated rings. The van der Waals surface area contributed by atoms with Crippen LogP contribution in [0.15, 0.2) is 53.4 Å². The van der Waals surface area contributed by atoms with E-state index in [0.29, 0.717) is 24.3 Å². The Balaban J connectivity index is 1.66. The molecule has 3 rings (SSSR count). The van der Waals surface area contributed by atoms with E-state index in [2.05, 4.69) is 4.72 Å². The third-order valence-electron chi connectivity index (χ3n) is 4.47. The molecule has 0 aliphatic carbocycles. The third-order valence-corrected chi connectivity index (χ3v) is 6.06. The lowest BCUT2D eigenvalue weighted by Crippen LogP contribution is -2.34. The van der Waals surface area contributed by atoms with Gasteiger partial charge in [-0.3, -0.25) is 4.79 Å². The second-order valence-electron chi connectivity index (χ2n) is 6.69. The molecule has 0 aromatic heterocycles. The summed E-state index contributed by atoms with van der Waals surface area (Å²) in [5.41, 5.74) is 1.35. The lowest BCUT2D eigenvalue weighted by atomic mass is 10.2. The van der Waals surface area contributed by atoms with Gasteiger partial charge in [-0.05, 0) is 56.2 Å². The van der Waals surface area contributed by atoms with Crippen molar-refractivity contribution in [3.63, 3.8) is 0 Å². The summed E-state index contributed by atoms with van der Waals surface area (Å²) in [6, 6.07) is 14.3. The van der Waals surface area contributed by atoms with Crippen LogP contribution in [0.25, 0.3) is 0 Å². The van der Waals surface area contributed by atoms with E-state index in [0.717, 1.165) is 12.1 Å². The minimum absolute atomic E-state index is 0.0787. The second kappa shape index (κ2) is 8.10. The summed E-state index contributed by atoms with van der Waals surface area (Å²) in [5, 5.41) is 0. The van der Waals surface area contributed by atoms with Crippen molar-refractivity contribution < 1.29 is 17.9 Å². The Kier molecular flexibility index (Phi) is 5.82. The highest BCUT2D eigenvalue weighted by atomic mass is 32.2. The molecule has 0 radical (unpaired) electrons. The van der Waals surface area contributed by atoms with Crippen LogP contribution in [0.5, 0.6) is 5.75 Å². The molecular weight excluding hydrogens is 364 g/mol. The van der Waals surface area contributed by atoms with Crippen LogP contribution < -0.4 is 14.4 Å². The van der Waals surface area contributed by atoms with Crippen molar-refractivity contribution in [1.29, 1.82) is 0 Å². The number of amides is 1. The van der Waals surface area contributed by atoms with Crippen LogP contribution >= 0.6 is 0 Å². The van der Waals surface area contributed by atoms with Gasteiger partial charge in [-0.15, -0.1) is 0 Å². The lowest BCUT2D eigenvalue weighted by molar-refractivity contribution is -0.117. The highest BCUT2D eigenvalue weighted by Gasteiger charge is 2.24. The number of sulfonamides is 1. The second-order valence-corrected chi connectivity index (χ2v) is 8.43. The van der Waals surface area contributed by atoms with E-state index in [-0.39, 0.29) is 23.5 Å². The van der Waals surface area contributed by atoms with Crippen molar-refractivity contribution in [2.75, 3.05) is 18.0 Å². The normalized spacial score (nSPS) is 15.8. The van der Waals surface area contributed by atoms with E-state index in [9.17, 15) is 13.2 Å². The van der Waals surface area contributed by atoms with Crippen LogP contribution in [-0.4, -0.2) is 33.5 Å². The Morgan fingerprint density at radius 1 is 1.19 bits per heavy atom. The van der Waals surface area contributed by atoms with Gasteiger partial charge in [0.1, 0.15) is 11.9 Å². The van der Waals surface area contributed by atoms with Crippen LogP contribution in [-0.2, 0) is 14.8 Å². The van der Waals surface area contributed by atoms with Gasteiger partial charge in [0.25, 0.3) is 0 Å². The number of carbonyl (C=O) groups is 1. The molecule has 1 saturated heterocycles. The topological polar surface area (TPSA) is 75.7 Å². The highest BCUT2D eigenvalue weighted by Crippen LogP contribution is 2.26. The molecule has 1 heterocycles. The number of rotatable bonds is 7. The zero-order valence-electron chi connectivity index (χ0n) is 15.5. The quantitative estimate of drug-likeness (QED) is 0.791. The fourth-order valence-electron chi connectivity index (χ4n) is 3.10. The molecule has 6 nitrogen and oxygen atoms in total. The van der Waals surface area contributed by atoms with Gasteiger partial charge >= 0.3 is 0 Å². The Hall–Kier alpha value is -2.38. The first kappa shape index (κ1) is 19.4. The lowest BCUT2D eigenvalue weighted by Gasteiger charge is -2.19. The summed E-state index contributed by atoms with van der Waals surface area (Å²) < 4.78 is 33.6. The van der Waals surface area contributed by atoms with Gasteiger partial charge in [-0.25, -0.2) is 13.1 Å². The molecule has 1 N–H and O–H groups in total. The molecule has 7 heteroatoms. The van der Waals surface area contributed by atoms with E-state index in [4.69, 9.17) is 4.74 Å². The van der Waals surface area contributed by atoms with Gasteiger partial charge in [0, 0.05) is 25.2 Å². The summed E-state index contributed by atoms with van der Waals surface area (Å²) in [6.45, 7) is 4.38. The smallest absolute Gasteiger partial charge is 0.240 e. The van der Waals surface area contributed by atoms with Crippen molar-refractivity contribution in [3.05, 3.63) is 54.1 Å². The van der Waals surface area contributed by atoms with Crippen molar-refractivity contribution in [3.8, 4) is 5.75 Å². The molecule has 0 bridgehead atoms. The number of nitrogens with zero attached hydrogens (tertiary/aromatic N) is 1. The zero-order chi connectivity index (χ0) is 19.4. The fraction of sp³-hybridized carbons (Fsp3) is 0.350. The van der Waals surface area contributed by atoms with E-state index in [1.54, 1.807) is 30.0 Å². The summed E-state index contributed by atoms with van der Waals surface area (Å²) in [6.07, 6.45) is 1.06. The summed E-state index contributed by atoms with van der Waals surface area (Å²) in [5.74, 6) is 0.773. The Morgan fingerprint density at radius 2 is 1.93 bits per heavy atom. The van der Waals surface area contributed by atoms with Crippen molar-refractivity contribution in [2.24, 2.45) is 0 Å². The molecule has 0 spiro atoms. The fourth-order valence-corrected chi connectivity index (χ4v) is 4.44. The molecule has 1 unspecified atom stereocenters. The maximum Gasteiger partial charge on any atom is 0.240 e. The van der Waals surface area contributed by atoms with Crippen LogP contribution in [0.3, 0.4) is 0 Å². The van der Waals surface area contributed by atoms with Crippen LogP contribution in [0.1, 0.15) is 25.3 Å². The minimum Gasteiger partial charge on any atom is -0.489 e. The Morgan fingerprint density at radius 3 is 2.56 bits per heavy atom. The summed E-state index contributed by atoms with van der Waals surface area (Å²) in [4.78, 5) is 13.8. The standard InChI is InChI=1S/C20H24N2O4S/c1-15-13-17(22-12-6-9-20(22)23)10-11-19(15)27(24,25)21-14-16(2)26-18-7-4-3-5-8-18/h3-5,7-8,10-11,13,16,21H,6,9,12,14H2,1-2H3. The molecule has 144 valence electrons. The number of hydrogen-bond donors (Lipinski definition) is 1. The van der Waals surface area contributed by atoms with Crippen LogP contribution in [0, 0.1) is 6.92 Å². The Bertz CT molecular complexity index is 913. The van der Waals surface area contributed by atoms with E-state index < -0.39 is 10.0 Å². The zero-order valence-corrected chi connectivity index (χ0v) is 16.3. The Labute approximate surface area is 160 Å². The third kappa shape index (κ3) is 4.67. The molecule has 2 aromatic rings. The molecule has 1 amide bonds. The number of benzene rings is 2. The van der Waals surface area contributed by atoms with Crippen molar-refractivity contribution >= 4 is 21.6 Å². The highest BCUT2D eigenvalue weighted by molar-refractivity contribution is 7.89. The number of anilines is 1. The largest absolute Gasteiger partial charge is 0.489 e. The summed E-state index contributed by atoms with van der Waals surface area (Å²) in [7, 11) is -3.67. The number of ether oxygens (including phenoxy) is 1. The monoisotopic (exact) mass is 388 g/mol. The van der Waals surface area contributed by atoms with Gasteiger partial charge in [0.15, 0.2) is 0 Å². The molecular formula is C20H24N2O4S. The van der Waals surface area contributed by atoms with E-state index >= 15 is 0 Å². The molecule has 1 aliphatic rings. The van der Waals surface area contributed by atoms with Gasteiger partial charge in [0.2, 0.25) is 15.9 Å². The number of carbonyl (C=O) groups excluding carboxylic acids is 1. The van der Waals surface area contributed by atoms with E-state index in [1.165, 1.54) is 0 Å². The summed E-state index contributed by atoms with van der Waals surface area (Å²) >= 11 is 0. The van der Waals surface area contributed by atoms with Crippen molar-refractivity contribution in [2.45, 2.75) is 37.7 Å². The first-order valence-electron chi connectivity index (χ1n) is 8.99. The molecule has 2 aromatic carbocycles.